The quantitative estimate of drug-likeness (QED) is 0.443. The van der Waals surface area contributed by atoms with E-state index in [4.69, 9.17) is 4.74 Å². The molecule has 10 heteroatoms. The number of nitrogens with zero attached hydrogens (tertiary/aromatic N) is 1. The highest BCUT2D eigenvalue weighted by Crippen LogP contribution is 2.22. The van der Waals surface area contributed by atoms with Crippen LogP contribution in [0.3, 0.4) is 0 Å². The molecule has 0 bridgehead atoms. The molecule has 0 aromatic heterocycles. The van der Waals surface area contributed by atoms with E-state index >= 15 is 0 Å². The summed E-state index contributed by atoms with van der Waals surface area (Å²) in [7, 11) is -3.59. The monoisotopic (exact) mass is 494 g/mol. The van der Waals surface area contributed by atoms with Gasteiger partial charge in [-0.15, -0.1) is 0 Å². The van der Waals surface area contributed by atoms with Crippen molar-refractivity contribution < 1.29 is 22.7 Å². The van der Waals surface area contributed by atoms with Gasteiger partial charge in [0.25, 0.3) is 5.91 Å². The molecule has 1 fully saturated rings. The van der Waals surface area contributed by atoms with E-state index in [1.54, 1.807) is 60.7 Å². The number of sulfonamides is 1. The van der Waals surface area contributed by atoms with Crippen molar-refractivity contribution in [2.45, 2.75) is 4.90 Å². The Morgan fingerprint density at radius 3 is 2.11 bits per heavy atom. The van der Waals surface area contributed by atoms with Gasteiger partial charge >= 0.3 is 0 Å². The van der Waals surface area contributed by atoms with Crippen molar-refractivity contribution >= 4 is 38.9 Å². The first kappa shape index (κ1) is 24.4. The summed E-state index contributed by atoms with van der Waals surface area (Å²) in [6.07, 6.45) is 0. The van der Waals surface area contributed by atoms with Crippen LogP contribution in [0.2, 0.25) is 0 Å². The molecule has 182 valence electrons. The number of benzene rings is 3. The highest BCUT2D eigenvalue weighted by Gasteiger charge is 2.26. The van der Waals surface area contributed by atoms with E-state index < -0.39 is 10.0 Å². The summed E-state index contributed by atoms with van der Waals surface area (Å²) >= 11 is 0. The van der Waals surface area contributed by atoms with Crippen LogP contribution in [0, 0.1) is 0 Å². The first-order chi connectivity index (χ1) is 16.9. The molecule has 1 aliphatic rings. The zero-order valence-electron chi connectivity index (χ0n) is 18.9. The maximum atomic E-state index is 12.7. The minimum absolute atomic E-state index is 0.0496. The molecule has 3 aromatic rings. The Morgan fingerprint density at radius 1 is 0.800 bits per heavy atom. The predicted molar refractivity (Wildman–Crippen MR) is 134 cm³/mol. The van der Waals surface area contributed by atoms with Crippen molar-refractivity contribution in [3.63, 3.8) is 0 Å². The van der Waals surface area contributed by atoms with Gasteiger partial charge in [0.2, 0.25) is 15.9 Å². The fourth-order valence-corrected chi connectivity index (χ4v) is 4.97. The van der Waals surface area contributed by atoms with Gasteiger partial charge in [0.15, 0.2) is 0 Å². The SMILES string of the molecule is O=C(CNc1ccccc1NC(=O)c1ccccc1)Nc1ccc(S(=O)(=O)N2CCOCC2)cc1. The Morgan fingerprint density at radius 2 is 1.43 bits per heavy atom. The molecule has 3 aromatic carbocycles. The molecular formula is C25H26N4O5S. The van der Waals surface area contributed by atoms with Gasteiger partial charge in [-0.2, -0.15) is 4.31 Å². The van der Waals surface area contributed by atoms with Crippen molar-refractivity contribution in [1.29, 1.82) is 0 Å². The Kier molecular flexibility index (Phi) is 7.76. The fraction of sp³-hybridized carbons (Fsp3) is 0.200. The highest BCUT2D eigenvalue weighted by molar-refractivity contribution is 7.89. The van der Waals surface area contributed by atoms with E-state index in [9.17, 15) is 18.0 Å². The number of carbonyl (C=O) groups is 2. The Bertz CT molecular complexity index is 1270. The lowest BCUT2D eigenvalue weighted by Gasteiger charge is -2.26. The molecule has 3 N–H and O–H groups in total. The van der Waals surface area contributed by atoms with Crippen molar-refractivity contribution in [2.75, 3.05) is 48.8 Å². The molecule has 0 spiro atoms. The Hall–Kier alpha value is -3.73. The van der Waals surface area contributed by atoms with Crippen LogP contribution in [-0.2, 0) is 19.6 Å². The number of morpholine rings is 1. The zero-order valence-corrected chi connectivity index (χ0v) is 19.8. The average Bonchev–Trinajstić information content (AvgIpc) is 2.89. The number of anilines is 3. The van der Waals surface area contributed by atoms with Crippen LogP contribution in [0.25, 0.3) is 0 Å². The normalized spacial score (nSPS) is 14.2. The first-order valence-electron chi connectivity index (χ1n) is 11.1. The first-order valence-corrected chi connectivity index (χ1v) is 12.5. The predicted octanol–water partition coefficient (Wildman–Crippen LogP) is 3.01. The van der Waals surface area contributed by atoms with Crippen molar-refractivity contribution in [3.8, 4) is 0 Å². The minimum atomic E-state index is -3.59. The second-order valence-corrected chi connectivity index (χ2v) is 9.75. The standard InChI is InChI=1S/C25H26N4O5S/c30-24(27-20-10-12-21(13-11-20)35(32,33)29-14-16-34-17-15-29)18-26-22-8-4-5-9-23(22)28-25(31)19-6-2-1-3-7-19/h1-13,26H,14-18H2,(H,27,30)(H,28,31). The van der Waals surface area contributed by atoms with Gasteiger partial charge < -0.3 is 20.7 Å². The van der Waals surface area contributed by atoms with E-state index in [1.807, 2.05) is 6.07 Å². The van der Waals surface area contributed by atoms with Crippen LogP contribution in [0.15, 0.2) is 83.8 Å². The second-order valence-electron chi connectivity index (χ2n) is 7.81. The lowest BCUT2D eigenvalue weighted by Crippen LogP contribution is -2.40. The van der Waals surface area contributed by atoms with Crippen molar-refractivity contribution in [1.82, 2.24) is 4.31 Å². The van der Waals surface area contributed by atoms with E-state index in [0.717, 1.165) is 0 Å². The molecule has 0 unspecified atom stereocenters. The molecule has 2 amide bonds. The second kappa shape index (κ2) is 11.1. The van der Waals surface area contributed by atoms with Gasteiger partial charge in [0, 0.05) is 24.3 Å². The van der Waals surface area contributed by atoms with Crippen LogP contribution < -0.4 is 16.0 Å². The summed E-state index contributed by atoms with van der Waals surface area (Å²) in [5.41, 5.74) is 2.15. The molecule has 0 radical (unpaired) electrons. The Labute approximate surface area is 204 Å². The molecular weight excluding hydrogens is 468 g/mol. The summed E-state index contributed by atoms with van der Waals surface area (Å²) in [5, 5.41) is 8.61. The number of rotatable bonds is 8. The molecule has 1 aliphatic heterocycles. The van der Waals surface area contributed by atoms with Crippen molar-refractivity contribution in [2.24, 2.45) is 0 Å². The van der Waals surface area contributed by atoms with Crippen molar-refractivity contribution in [3.05, 3.63) is 84.4 Å². The van der Waals surface area contributed by atoms with Gasteiger partial charge in [-0.25, -0.2) is 8.42 Å². The maximum absolute atomic E-state index is 12.7. The van der Waals surface area contributed by atoms with E-state index in [0.29, 0.717) is 48.9 Å². The smallest absolute Gasteiger partial charge is 0.255 e. The number of ether oxygens (including phenoxy) is 1. The molecule has 35 heavy (non-hydrogen) atoms. The van der Waals surface area contributed by atoms with E-state index in [2.05, 4.69) is 16.0 Å². The van der Waals surface area contributed by atoms with Crippen LogP contribution >= 0.6 is 0 Å². The third-order valence-corrected chi connectivity index (χ3v) is 7.31. The number of nitrogens with one attached hydrogen (secondary N) is 3. The summed E-state index contributed by atoms with van der Waals surface area (Å²) in [6.45, 7) is 1.34. The Balaban J connectivity index is 1.34. The van der Waals surface area contributed by atoms with Gasteiger partial charge in [0.1, 0.15) is 0 Å². The highest BCUT2D eigenvalue weighted by atomic mass is 32.2. The lowest BCUT2D eigenvalue weighted by atomic mass is 10.2. The largest absolute Gasteiger partial charge is 0.379 e. The van der Waals surface area contributed by atoms with Crippen LogP contribution in [0.4, 0.5) is 17.1 Å². The van der Waals surface area contributed by atoms with Gasteiger partial charge in [-0.1, -0.05) is 30.3 Å². The fourth-order valence-electron chi connectivity index (χ4n) is 3.56. The third kappa shape index (κ3) is 6.24. The molecule has 0 aliphatic carbocycles. The summed E-state index contributed by atoms with van der Waals surface area (Å²) < 4.78 is 32.0. The van der Waals surface area contributed by atoms with Crippen LogP contribution in [0.5, 0.6) is 0 Å². The molecule has 1 saturated heterocycles. The molecule has 1 heterocycles. The minimum Gasteiger partial charge on any atom is -0.379 e. The number of amides is 2. The van der Waals surface area contributed by atoms with E-state index in [1.165, 1.54) is 16.4 Å². The van der Waals surface area contributed by atoms with Crippen LogP contribution in [0.1, 0.15) is 10.4 Å². The van der Waals surface area contributed by atoms with Gasteiger partial charge in [-0.05, 0) is 48.5 Å². The summed E-state index contributed by atoms with van der Waals surface area (Å²) in [4.78, 5) is 25.1. The number of hydrogen-bond donors (Lipinski definition) is 3. The maximum Gasteiger partial charge on any atom is 0.255 e. The zero-order chi connectivity index (χ0) is 24.7. The summed E-state index contributed by atoms with van der Waals surface area (Å²) in [6, 6.07) is 22.0. The van der Waals surface area contributed by atoms with Crippen LogP contribution in [-0.4, -0.2) is 57.4 Å². The molecule has 9 nitrogen and oxygen atoms in total. The molecule has 0 atom stereocenters. The summed E-state index contributed by atoms with van der Waals surface area (Å²) in [5.74, 6) is -0.575. The topological polar surface area (TPSA) is 117 Å². The number of hydrogen-bond acceptors (Lipinski definition) is 6. The van der Waals surface area contributed by atoms with Gasteiger partial charge in [0.05, 0.1) is 36.0 Å². The number of carbonyl (C=O) groups excluding carboxylic acids is 2. The third-order valence-electron chi connectivity index (χ3n) is 5.40. The molecule has 4 rings (SSSR count). The average molecular weight is 495 g/mol. The molecule has 0 saturated carbocycles. The number of para-hydroxylation sites is 2. The lowest BCUT2D eigenvalue weighted by molar-refractivity contribution is -0.114. The van der Waals surface area contributed by atoms with Gasteiger partial charge in [-0.3, -0.25) is 9.59 Å². The van der Waals surface area contributed by atoms with E-state index in [-0.39, 0.29) is 23.3 Å².